The van der Waals surface area contributed by atoms with Gasteiger partial charge in [0.05, 0.1) is 16.5 Å². The maximum Gasteiger partial charge on any atom is 0.0701 e. The van der Waals surface area contributed by atoms with Gasteiger partial charge in [-0.1, -0.05) is 0 Å². The zero-order chi connectivity index (χ0) is 12.8. The molecule has 1 aromatic heterocycles. The molecule has 0 aliphatic carbocycles. The van der Waals surface area contributed by atoms with Crippen molar-refractivity contribution in [2.75, 3.05) is 33.3 Å². The molecule has 0 atom stereocenters. The van der Waals surface area contributed by atoms with Crippen LogP contribution in [0.3, 0.4) is 0 Å². The number of nitrogens with one attached hydrogen (secondary N) is 1. The Hall–Kier alpha value is 0.0600. The van der Waals surface area contributed by atoms with Crippen LogP contribution < -0.4 is 5.32 Å². The van der Waals surface area contributed by atoms with E-state index in [-0.39, 0.29) is 0 Å². The van der Waals surface area contributed by atoms with E-state index >= 15 is 0 Å². The van der Waals surface area contributed by atoms with Gasteiger partial charge in [0, 0.05) is 13.1 Å². The summed E-state index contributed by atoms with van der Waals surface area (Å²) in [5.41, 5.74) is 1.37. The zero-order valence-electron chi connectivity index (χ0n) is 10.8. The van der Waals surface area contributed by atoms with E-state index in [2.05, 4.69) is 44.6 Å². The molecule has 1 aliphatic heterocycles. The van der Waals surface area contributed by atoms with Crippen LogP contribution in [0.15, 0.2) is 15.2 Å². The summed E-state index contributed by atoms with van der Waals surface area (Å²) in [6.07, 6.45) is 2.78. The summed E-state index contributed by atoms with van der Waals surface area (Å²) in [5.74, 6) is 0. The molecule has 1 N–H and O–H groups in total. The number of ether oxygens (including phenoxy) is 1. The molecule has 5 heteroatoms. The van der Waals surface area contributed by atoms with Crippen molar-refractivity contribution in [3.8, 4) is 0 Å². The van der Waals surface area contributed by atoms with Gasteiger partial charge in [-0.3, -0.25) is 4.90 Å². The first-order valence-corrected chi connectivity index (χ1v) is 8.15. The van der Waals surface area contributed by atoms with Crippen molar-refractivity contribution in [2.45, 2.75) is 25.5 Å². The normalized spacial score (nSPS) is 17.5. The van der Waals surface area contributed by atoms with Crippen molar-refractivity contribution >= 4 is 27.3 Å². The summed E-state index contributed by atoms with van der Waals surface area (Å²) in [7, 11) is 2.15. The topological polar surface area (TPSA) is 24.5 Å². The van der Waals surface area contributed by atoms with Gasteiger partial charge in [0.25, 0.3) is 0 Å². The molecule has 0 spiro atoms. The van der Waals surface area contributed by atoms with Gasteiger partial charge in [0.2, 0.25) is 0 Å². The van der Waals surface area contributed by atoms with Crippen molar-refractivity contribution in [2.24, 2.45) is 0 Å². The van der Waals surface area contributed by atoms with Crippen molar-refractivity contribution in [1.29, 1.82) is 0 Å². The largest absolute Gasteiger partial charge is 0.377 e. The molecule has 0 unspecified atom stereocenters. The van der Waals surface area contributed by atoms with Crippen molar-refractivity contribution < 1.29 is 4.74 Å². The van der Waals surface area contributed by atoms with Crippen LogP contribution in [-0.4, -0.2) is 44.3 Å². The number of rotatable bonds is 6. The summed E-state index contributed by atoms with van der Waals surface area (Å²) in [5, 5.41) is 5.56. The molecule has 3 nitrogen and oxygen atoms in total. The Kier molecular flexibility index (Phi) is 6.11. The molecule has 0 bridgehead atoms. The van der Waals surface area contributed by atoms with E-state index in [9.17, 15) is 0 Å². The maximum atomic E-state index is 5.91. The van der Waals surface area contributed by atoms with E-state index < -0.39 is 0 Å². The first-order valence-electron chi connectivity index (χ1n) is 6.48. The molecule has 102 valence electrons. The highest BCUT2D eigenvalue weighted by Gasteiger charge is 2.13. The predicted molar refractivity (Wildman–Crippen MR) is 80.2 cm³/mol. The third kappa shape index (κ3) is 4.97. The van der Waals surface area contributed by atoms with Gasteiger partial charge in [-0.2, -0.15) is 0 Å². The van der Waals surface area contributed by atoms with E-state index in [1.54, 1.807) is 11.3 Å². The summed E-state index contributed by atoms with van der Waals surface area (Å²) in [6.45, 7) is 5.04. The quantitative estimate of drug-likeness (QED) is 0.866. The number of hydrogen-bond acceptors (Lipinski definition) is 4. The standard InChI is InChI=1S/C13H21BrN2OS/c1-16(9-11-8-13(14)18-10-11)6-7-17-12-2-4-15-5-3-12/h8,10,12,15H,2-7,9H2,1H3. The lowest BCUT2D eigenvalue weighted by Gasteiger charge is -2.24. The Morgan fingerprint density at radius 2 is 2.28 bits per heavy atom. The smallest absolute Gasteiger partial charge is 0.0701 e. The fourth-order valence-electron chi connectivity index (χ4n) is 2.16. The molecule has 1 saturated heterocycles. The van der Waals surface area contributed by atoms with Gasteiger partial charge in [-0.05, 0) is 65.9 Å². The molecule has 0 saturated carbocycles. The first-order chi connectivity index (χ1) is 8.74. The van der Waals surface area contributed by atoms with Crippen LogP contribution >= 0.6 is 27.3 Å². The van der Waals surface area contributed by atoms with Crippen molar-refractivity contribution in [1.82, 2.24) is 10.2 Å². The van der Waals surface area contributed by atoms with E-state index in [4.69, 9.17) is 4.74 Å². The number of nitrogens with zero attached hydrogens (tertiary/aromatic N) is 1. The van der Waals surface area contributed by atoms with Gasteiger partial charge >= 0.3 is 0 Å². The molecule has 0 amide bonds. The number of thiophene rings is 1. The summed E-state index contributed by atoms with van der Waals surface area (Å²) < 4.78 is 7.11. The average Bonchev–Trinajstić information content (AvgIpc) is 2.76. The SMILES string of the molecule is CN(CCOC1CCNCC1)Cc1csc(Br)c1. The number of halogens is 1. The Morgan fingerprint density at radius 3 is 2.94 bits per heavy atom. The summed E-state index contributed by atoms with van der Waals surface area (Å²) in [6, 6.07) is 2.19. The predicted octanol–water partition coefficient (Wildman–Crippen LogP) is 2.71. The van der Waals surface area contributed by atoms with Crippen LogP contribution in [0.25, 0.3) is 0 Å². The Bertz CT molecular complexity index is 353. The van der Waals surface area contributed by atoms with E-state index in [0.717, 1.165) is 45.6 Å². The Labute approximate surface area is 122 Å². The molecule has 18 heavy (non-hydrogen) atoms. The average molecular weight is 333 g/mol. The van der Waals surface area contributed by atoms with Gasteiger partial charge in [0.15, 0.2) is 0 Å². The molecular weight excluding hydrogens is 312 g/mol. The second-order valence-electron chi connectivity index (χ2n) is 4.82. The first kappa shape index (κ1) is 14.5. The highest BCUT2D eigenvalue weighted by molar-refractivity contribution is 9.11. The molecule has 0 radical (unpaired) electrons. The third-order valence-corrected chi connectivity index (χ3v) is 4.74. The lowest BCUT2D eigenvalue weighted by atomic mass is 10.1. The van der Waals surface area contributed by atoms with Gasteiger partial charge < -0.3 is 10.1 Å². The fourth-order valence-corrected chi connectivity index (χ4v) is 3.36. The fraction of sp³-hybridized carbons (Fsp3) is 0.692. The number of likely N-dealkylation sites (N-methyl/N-ethyl adjacent to an activating group) is 1. The monoisotopic (exact) mass is 332 g/mol. The van der Waals surface area contributed by atoms with Crippen LogP contribution in [0.2, 0.25) is 0 Å². The maximum absolute atomic E-state index is 5.91. The van der Waals surface area contributed by atoms with Crippen molar-refractivity contribution in [3.05, 3.63) is 20.8 Å². The van der Waals surface area contributed by atoms with Crippen LogP contribution in [0.1, 0.15) is 18.4 Å². The minimum atomic E-state index is 0.468. The molecular formula is C13H21BrN2OS. The molecule has 2 heterocycles. The van der Waals surface area contributed by atoms with Crippen LogP contribution in [0.4, 0.5) is 0 Å². The minimum Gasteiger partial charge on any atom is -0.377 e. The lowest BCUT2D eigenvalue weighted by molar-refractivity contribution is 0.0224. The van der Waals surface area contributed by atoms with Gasteiger partial charge in [-0.15, -0.1) is 11.3 Å². The van der Waals surface area contributed by atoms with Gasteiger partial charge in [-0.25, -0.2) is 0 Å². The molecule has 0 aromatic carbocycles. The zero-order valence-corrected chi connectivity index (χ0v) is 13.2. The highest BCUT2D eigenvalue weighted by Crippen LogP contribution is 2.21. The van der Waals surface area contributed by atoms with Crippen molar-refractivity contribution in [3.63, 3.8) is 0 Å². The molecule has 1 aromatic rings. The highest BCUT2D eigenvalue weighted by atomic mass is 79.9. The van der Waals surface area contributed by atoms with Crippen LogP contribution in [0.5, 0.6) is 0 Å². The minimum absolute atomic E-state index is 0.468. The molecule has 1 fully saturated rings. The van der Waals surface area contributed by atoms with Crippen LogP contribution in [-0.2, 0) is 11.3 Å². The Morgan fingerprint density at radius 1 is 1.50 bits per heavy atom. The number of piperidine rings is 1. The summed E-state index contributed by atoms with van der Waals surface area (Å²) in [4.78, 5) is 2.32. The third-order valence-electron chi connectivity index (χ3n) is 3.19. The van der Waals surface area contributed by atoms with E-state index in [0.29, 0.717) is 6.10 Å². The summed E-state index contributed by atoms with van der Waals surface area (Å²) >= 11 is 5.24. The second kappa shape index (κ2) is 7.60. The molecule has 2 rings (SSSR count). The Balaban J connectivity index is 1.60. The number of hydrogen-bond donors (Lipinski definition) is 1. The lowest BCUT2D eigenvalue weighted by Crippen LogP contribution is -2.34. The van der Waals surface area contributed by atoms with E-state index in [1.807, 2.05) is 0 Å². The second-order valence-corrected chi connectivity index (χ2v) is 7.11. The van der Waals surface area contributed by atoms with Crippen LogP contribution in [0, 0.1) is 0 Å². The van der Waals surface area contributed by atoms with E-state index in [1.165, 1.54) is 9.35 Å². The molecule has 1 aliphatic rings. The van der Waals surface area contributed by atoms with Gasteiger partial charge in [0.1, 0.15) is 0 Å².